The third-order valence-electron chi connectivity index (χ3n) is 3.79. The van der Waals surface area contributed by atoms with E-state index in [0.717, 1.165) is 11.1 Å². The maximum atomic E-state index is 12.8. The standard InChI is InChI=1S/C18H17N3O3/c22-15-11-14(20-18(24)21-15)19-17(23)16(12-7-3-1-4-8-12)13-9-5-2-6-10-13/h1-10,14,16H,11H2,(H,19,23)(H2,20,21,22,24). The van der Waals surface area contributed by atoms with Gasteiger partial charge >= 0.3 is 6.03 Å². The Morgan fingerprint density at radius 2 is 1.50 bits per heavy atom. The van der Waals surface area contributed by atoms with Crippen molar-refractivity contribution in [2.75, 3.05) is 0 Å². The van der Waals surface area contributed by atoms with E-state index in [4.69, 9.17) is 0 Å². The molecule has 0 spiro atoms. The van der Waals surface area contributed by atoms with Crippen LogP contribution in [0.5, 0.6) is 0 Å². The van der Waals surface area contributed by atoms with Gasteiger partial charge < -0.3 is 10.6 Å². The average Bonchev–Trinajstić information content (AvgIpc) is 2.56. The minimum atomic E-state index is -0.714. The molecule has 122 valence electrons. The van der Waals surface area contributed by atoms with Crippen LogP contribution in [0.4, 0.5) is 4.79 Å². The van der Waals surface area contributed by atoms with E-state index in [1.807, 2.05) is 60.7 Å². The largest absolute Gasteiger partial charge is 0.335 e. The molecule has 6 heteroatoms. The molecule has 0 bridgehead atoms. The summed E-state index contributed by atoms with van der Waals surface area (Å²) in [6.45, 7) is 0. The summed E-state index contributed by atoms with van der Waals surface area (Å²) in [6.07, 6.45) is -0.706. The molecule has 1 atom stereocenters. The van der Waals surface area contributed by atoms with Crippen molar-refractivity contribution in [1.29, 1.82) is 0 Å². The van der Waals surface area contributed by atoms with Crippen molar-refractivity contribution in [2.24, 2.45) is 0 Å². The molecule has 0 radical (unpaired) electrons. The lowest BCUT2D eigenvalue weighted by molar-refractivity contribution is -0.124. The van der Waals surface area contributed by atoms with Crippen molar-refractivity contribution in [2.45, 2.75) is 18.5 Å². The molecule has 3 N–H and O–H groups in total. The minimum Gasteiger partial charge on any atom is -0.335 e. The molecular formula is C18H17N3O3. The van der Waals surface area contributed by atoms with Crippen LogP contribution < -0.4 is 16.0 Å². The Bertz CT molecular complexity index is 691. The van der Waals surface area contributed by atoms with E-state index in [2.05, 4.69) is 16.0 Å². The molecule has 2 aromatic carbocycles. The molecule has 1 saturated heterocycles. The molecule has 1 fully saturated rings. The Morgan fingerprint density at radius 3 is 2.00 bits per heavy atom. The predicted octanol–water partition coefficient (Wildman–Crippen LogP) is 1.49. The molecule has 24 heavy (non-hydrogen) atoms. The summed E-state index contributed by atoms with van der Waals surface area (Å²) in [7, 11) is 0. The highest BCUT2D eigenvalue weighted by atomic mass is 16.2. The van der Waals surface area contributed by atoms with E-state index in [1.54, 1.807) is 0 Å². The van der Waals surface area contributed by atoms with Gasteiger partial charge in [0.25, 0.3) is 0 Å². The summed E-state index contributed by atoms with van der Waals surface area (Å²) in [4.78, 5) is 35.7. The zero-order valence-electron chi connectivity index (χ0n) is 12.9. The highest BCUT2D eigenvalue weighted by Crippen LogP contribution is 2.24. The smallest absolute Gasteiger partial charge is 0.323 e. The topological polar surface area (TPSA) is 87.3 Å². The van der Waals surface area contributed by atoms with Crippen LogP contribution in [0.3, 0.4) is 0 Å². The van der Waals surface area contributed by atoms with Crippen molar-refractivity contribution in [3.05, 3.63) is 71.8 Å². The molecule has 0 aliphatic carbocycles. The highest BCUT2D eigenvalue weighted by Gasteiger charge is 2.29. The number of rotatable bonds is 4. The number of hydrogen-bond acceptors (Lipinski definition) is 3. The van der Waals surface area contributed by atoms with Gasteiger partial charge in [-0.25, -0.2) is 4.79 Å². The summed E-state index contributed by atoms with van der Waals surface area (Å²) >= 11 is 0. The average molecular weight is 323 g/mol. The zero-order valence-corrected chi connectivity index (χ0v) is 12.9. The Labute approximate surface area is 139 Å². The van der Waals surface area contributed by atoms with Crippen LogP contribution in [0.25, 0.3) is 0 Å². The molecular weight excluding hydrogens is 306 g/mol. The summed E-state index contributed by atoms with van der Waals surface area (Å²) in [6, 6.07) is 18.2. The van der Waals surface area contributed by atoms with Crippen molar-refractivity contribution in [3.8, 4) is 0 Å². The number of urea groups is 1. The van der Waals surface area contributed by atoms with Crippen molar-refractivity contribution < 1.29 is 14.4 Å². The quantitative estimate of drug-likeness (QED) is 0.796. The zero-order chi connectivity index (χ0) is 16.9. The Hall–Kier alpha value is -3.15. The van der Waals surface area contributed by atoms with Gasteiger partial charge in [-0.3, -0.25) is 14.9 Å². The molecule has 1 unspecified atom stereocenters. The molecule has 1 heterocycles. The van der Waals surface area contributed by atoms with Crippen molar-refractivity contribution in [3.63, 3.8) is 0 Å². The fourth-order valence-electron chi connectivity index (χ4n) is 2.74. The van der Waals surface area contributed by atoms with Gasteiger partial charge in [0.1, 0.15) is 6.17 Å². The number of imide groups is 1. The lowest BCUT2D eigenvalue weighted by atomic mass is 9.90. The van der Waals surface area contributed by atoms with Gasteiger partial charge in [0.2, 0.25) is 11.8 Å². The second kappa shape index (κ2) is 6.95. The van der Waals surface area contributed by atoms with Crippen molar-refractivity contribution >= 4 is 17.8 Å². The van der Waals surface area contributed by atoms with E-state index in [0.29, 0.717) is 0 Å². The Morgan fingerprint density at radius 1 is 0.958 bits per heavy atom. The fourth-order valence-corrected chi connectivity index (χ4v) is 2.74. The first-order valence-electron chi connectivity index (χ1n) is 7.64. The molecule has 3 rings (SSSR count). The number of hydrogen-bond donors (Lipinski definition) is 3. The number of carbonyl (C=O) groups is 3. The lowest BCUT2D eigenvalue weighted by Gasteiger charge is -2.26. The van der Waals surface area contributed by atoms with Crippen LogP contribution >= 0.6 is 0 Å². The maximum Gasteiger partial charge on any atom is 0.323 e. The summed E-state index contributed by atoms with van der Waals surface area (Å²) in [5.74, 6) is -1.21. The first-order valence-corrected chi connectivity index (χ1v) is 7.64. The monoisotopic (exact) mass is 323 g/mol. The first kappa shape index (κ1) is 15.7. The van der Waals surface area contributed by atoms with Gasteiger partial charge in [-0.15, -0.1) is 0 Å². The van der Waals surface area contributed by atoms with Gasteiger partial charge in [0, 0.05) is 0 Å². The van der Waals surface area contributed by atoms with Gasteiger partial charge in [-0.05, 0) is 11.1 Å². The normalized spacial score (nSPS) is 17.1. The van der Waals surface area contributed by atoms with Crippen LogP contribution in [0.15, 0.2) is 60.7 Å². The highest BCUT2D eigenvalue weighted by molar-refractivity contribution is 5.98. The van der Waals surface area contributed by atoms with Crippen LogP contribution in [-0.2, 0) is 9.59 Å². The van der Waals surface area contributed by atoms with Crippen molar-refractivity contribution in [1.82, 2.24) is 16.0 Å². The van der Waals surface area contributed by atoms with Crippen LogP contribution in [0, 0.1) is 0 Å². The van der Waals surface area contributed by atoms with Gasteiger partial charge in [0.05, 0.1) is 12.3 Å². The second-order valence-electron chi connectivity index (χ2n) is 5.54. The fraction of sp³-hybridized carbons (Fsp3) is 0.167. The third-order valence-corrected chi connectivity index (χ3v) is 3.79. The summed E-state index contributed by atoms with van der Waals surface area (Å²) in [5.41, 5.74) is 1.68. The summed E-state index contributed by atoms with van der Waals surface area (Å²) < 4.78 is 0. The van der Waals surface area contributed by atoms with Crippen LogP contribution in [0.2, 0.25) is 0 Å². The van der Waals surface area contributed by atoms with E-state index in [9.17, 15) is 14.4 Å². The molecule has 6 nitrogen and oxygen atoms in total. The summed E-state index contributed by atoms with van der Waals surface area (Å²) in [5, 5.41) is 7.41. The maximum absolute atomic E-state index is 12.8. The molecule has 0 saturated carbocycles. The van der Waals surface area contributed by atoms with Gasteiger partial charge in [0.15, 0.2) is 0 Å². The van der Waals surface area contributed by atoms with E-state index in [1.165, 1.54) is 0 Å². The molecule has 2 aromatic rings. The molecule has 1 aliphatic rings. The van der Waals surface area contributed by atoms with E-state index in [-0.39, 0.29) is 12.3 Å². The number of amides is 4. The minimum absolute atomic E-state index is 0.00772. The third kappa shape index (κ3) is 3.60. The molecule has 0 aromatic heterocycles. The number of carbonyl (C=O) groups excluding carboxylic acids is 3. The molecule has 4 amide bonds. The number of nitrogens with one attached hydrogen (secondary N) is 3. The van der Waals surface area contributed by atoms with Gasteiger partial charge in [-0.1, -0.05) is 60.7 Å². The van der Waals surface area contributed by atoms with E-state index < -0.39 is 24.0 Å². The second-order valence-corrected chi connectivity index (χ2v) is 5.54. The van der Waals surface area contributed by atoms with E-state index >= 15 is 0 Å². The van der Waals surface area contributed by atoms with Crippen LogP contribution in [-0.4, -0.2) is 24.0 Å². The lowest BCUT2D eigenvalue weighted by Crippen LogP contribution is -2.59. The van der Waals surface area contributed by atoms with Gasteiger partial charge in [-0.2, -0.15) is 0 Å². The SMILES string of the molecule is O=C1CC(NC(=O)C(c2ccccc2)c2ccccc2)NC(=O)N1. The number of benzene rings is 2. The first-order chi connectivity index (χ1) is 11.6. The predicted molar refractivity (Wildman–Crippen MR) is 87.9 cm³/mol. The van der Waals surface area contributed by atoms with Crippen LogP contribution in [0.1, 0.15) is 23.5 Å². The Kier molecular flexibility index (Phi) is 4.56. The Balaban J connectivity index is 1.84. The molecule has 1 aliphatic heterocycles.